The normalized spacial score (nSPS) is 14.2. The summed E-state index contributed by atoms with van der Waals surface area (Å²) >= 11 is 3.87. The molecule has 2 heteroatoms. The molecule has 0 saturated carbocycles. The van der Waals surface area contributed by atoms with Crippen LogP contribution in [-0.4, -0.2) is 0 Å². The maximum absolute atomic E-state index is 2.35. The fourth-order valence-electron chi connectivity index (χ4n) is 1.99. The zero-order valence-corrected chi connectivity index (χ0v) is 10.3. The maximum atomic E-state index is 2.35. The molecule has 0 spiro atoms. The van der Waals surface area contributed by atoms with Gasteiger partial charge in [0, 0.05) is 9.77 Å². The fraction of sp³-hybridized carbons (Fsp3) is 0.231. The van der Waals surface area contributed by atoms with E-state index in [2.05, 4.69) is 37.3 Å². The first-order valence-electron chi connectivity index (χ1n) is 5.18. The van der Waals surface area contributed by atoms with Crippen LogP contribution in [0.3, 0.4) is 0 Å². The number of benzene rings is 1. The molecule has 76 valence electrons. The third kappa shape index (κ3) is 1.72. The number of hydrogen-bond acceptors (Lipinski definition) is 2. The average Bonchev–Trinajstić information content (AvgIpc) is 2.49. The molecule has 1 aromatic carbocycles. The second kappa shape index (κ2) is 3.69. The summed E-state index contributed by atoms with van der Waals surface area (Å²) in [6.45, 7) is 2.20. The summed E-state index contributed by atoms with van der Waals surface area (Å²) in [7, 11) is 0. The minimum atomic E-state index is 1.19. The van der Waals surface area contributed by atoms with E-state index < -0.39 is 0 Å². The Kier molecular flexibility index (Phi) is 2.33. The van der Waals surface area contributed by atoms with Crippen molar-refractivity contribution in [1.29, 1.82) is 0 Å². The van der Waals surface area contributed by atoms with Crippen molar-refractivity contribution in [3.63, 3.8) is 0 Å². The lowest BCUT2D eigenvalue weighted by Gasteiger charge is -2.02. The van der Waals surface area contributed by atoms with Crippen molar-refractivity contribution in [1.82, 2.24) is 0 Å². The molecular formula is C13H12S2. The van der Waals surface area contributed by atoms with Gasteiger partial charge in [-0.25, -0.2) is 0 Å². The first kappa shape index (κ1) is 9.49. The number of hydrogen-bond donors (Lipinski definition) is 0. The van der Waals surface area contributed by atoms with Crippen LogP contribution in [0.5, 0.6) is 0 Å². The SMILES string of the molecule is Cc1cc2c(s1)Sc1ccccc1CC2. The Labute approximate surface area is 98.3 Å². The molecule has 0 unspecified atom stereocenters. The van der Waals surface area contributed by atoms with Crippen LogP contribution >= 0.6 is 23.1 Å². The summed E-state index contributed by atoms with van der Waals surface area (Å²) in [5.74, 6) is 0. The number of rotatable bonds is 0. The van der Waals surface area contributed by atoms with Gasteiger partial charge in [-0.1, -0.05) is 30.0 Å². The predicted octanol–water partition coefficient (Wildman–Crippen LogP) is 4.31. The molecule has 2 aromatic rings. The molecule has 0 amide bonds. The highest BCUT2D eigenvalue weighted by molar-refractivity contribution is 8.01. The largest absolute Gasteiger partial charge is 0.134 e. The van der Waals surface area contributed by atoms with Crippen LogP contribution < -0.4 is 0 Å². The van der Waals surface area contributed by atoms with Crippen LogP contribution in [0, 0.1) is 6.92 Å². The van der Waals surface area contributed by atoms with Crippen LogP contribution in [0.1, 0.15) is 16.0 Å². The van der Waals surface area contributed by atoms with Crippen molar-refractivity contribution in [2.75, 3.05) is 0 Å². The number of aryl methyl sites for hydroxylation is 3. The Morgan fingerprint density at radius 1 is 1.07 bits per heavy atom. The molecule has 0 nitrogen and oxygen atoms in total. The van der Waals surface area contributed by atoms with Crippen molar-refractivity contribution in [2.45, 2.75) is 28.9 Å². The fourth-order valence-corrected chi connectivity index (χ4v) is 4.54. The van der Waals surface area contributed by atoms with Gasteiger partial charge in [0.2, 0.25) is 0 Å². The third-order valence-corrected chi connectivity index (χ3v) is 5.19. The van der Waals surface area contributed by atoms with Gasteiger partial charge in [-0.2, -0.15) is 0 Å². The molecule has 0 bridgehead atoms. The first-order chi connectivity index (χ1) is 7.33. The number of thiophene rings is 1. The summed E-state index contributed by atoms with van der Waals surface area (Å²) in [4.78, 5) is 2.88. The van der Waals surface area contributed by atoms with Gasteiger partial charge in [0.15, 0.2) is 0 Å². The smallest absolute Gasteiger partial charge is 0.0681 e. The van der Waals surface area contributed by atoms with E-state index in [4.69, 9.17) is 0 Å². The van der Waals surface area contributed by atoms with Crippen molar-refractivity contribution in [3.05, 3.63) is 46.3 Å². The average molecular weight is 232 g/mol. The molecule has 2 heterocycles. The molecule has 0 N–H and O–H groups in total. The standard InChI is InChI=1S/C13H12S2/c1-9-8-11-7-6-10-4-2-3-5-12(10)15-13(11)14-9/h2-5,8H,6-7H2,1H3. The van der Waals surface area contributed by atoms with Crippen molar-refractivity contribution >= 4 is 23.1 Å². The first-order valence-corrected chi connectivity index (χ1v) is 6.81. The zero-order valence-electron chi connectivity index (χ0n) is 8.62. The van der Waals surface area contributed by atoms with Crippen molar-refractivity contribution < 1.29 is 0 Å². The van der Waals surface area contributed by atoms with E-state index in [1.54, 1.807) is 5.56 Å². The summed E-state index contributed by atoms with van der Waals surface area (Å²) in [5, 5.41) is 0. The molecule has 0 fully saturated rings. The van der Waals surface area contributed by atoms with Crippen LogP contribution in [0.4, 0.5) is 0 Å². The van der Waals surface area contributed by atoms with Gasteiger partial charge in [-0.3, -0.25) is 0 Å². The minimum Gasteiger partial charge on any atom is -0.134 e. The molecule has 0 aliphatic carbocycles. The Balaban J connectivity index is 2.08. The zero-order chi connectivity index (χ0) is 10.3. The topological polar surface area (TPSA) is 0 Å². The summed E-state index contributed by atoms with van der Waals surface area (Å²) in [6.07, 6.45) is 2.38. The van der Waals surface area contributed by atoms with Gasteiger partial charge in [-0.05, 0) is 43.0 Å². The molecule has 15 heavy (non-hydrogen) atoms. The lowest BCUT2D eigenvalue weighted by atomic mass is 10.1. The Morgan fingerprint density at radius 2 is 1.87 bits per heavy atom. The predicted molar refractivity (Wildman–Crippen MR) is 67.0 cm³/mol. The van der Waals surface area contributed by atoms with E-state index in [1.165, 1.54) is 32.4 Å². The van der Waals surface area contributed by atoms with E-state index in [0.29, 0.717) is 0 Å². The highest BCUT2D eigenvalue weighted by atomic mass is 32.2. The molecule has 1 aromatic heterocycles. The molecule has 1 aliphatic rings. The van der Waals surface area contributed by atoms with Gasteiger partial charge in [-0.15, -0.1) is 11.3 Å². The Morgan fingerprint density at radius 3 is 2.80 bits per heavy atom. The van der Waals surface area contributed by atoms with Crippen molar-refractivity contribution in [3.8, 4) is 0 Å². The lowest BCUT2D eigenvalue weighted by Crippen LogP contribution is -1.88. The van der Waals surface area contributed by atoms with E-state index in [-0.39, 0.29) is 0 Å². The van der Waals surface area contributed by atoms with Crippen LogP contribution in [0.25, 0.3) is 0 Å². The van der Waals surface area contributed by atoms with Gasteiger partial charge in [0.05, 0.1) is 4.21 Å². The van der Waals surface area contributed by atoms with E-state index >= 15 is 0 Å². The minimum absolute atomic E-state index is 1.19. The molecule has 3 rings (SSSR count). The Bertz CT molecular complexity index is 497. The molecule has 1 aliphatic heterocycles. The van der Waals surface area contributed by atoms with Crippen LogP contribution in [-0.2, 0) is 12.8 Å². The lowest BCUT2D eigenvalue weighted by molar-refractivity contribution is 0.936. The quantitative estimate of drug-likeness (QED) is 0.652. The summed E-state index contributed by atoms with van der Waals surface area (Å²) in [6, 6.07) is 11.1. The highest BCUT2D eigenvalue weighted by Gasteiger charge is 2.15. The van der Waals surface area contributed by atoms with Gasteiger partial charge < -0.3 is 0 Å². The van der Waals surface area contributed by atoms with Gasteiger partial charge in [0.25, 0.3) is 0 Å². The second-order valence-electron chi connectivity index (χ2n) is 3.88. The number of fused-ring (bicyclic) bond motifs is 2. The van der Waals surface area contributed by atoms with Gasteiger partial charge >= 0.3 is 0 Å². The molecule has 0 atom stereocenters. The van der Waals surface area contributed by atoms with E-state index in [9.17, 15) is 0 Å². The molecular weight excluding hydrogens is 220 g/mol. The van der Waals surface area contributed by atoms with Crippen LogP contribution in [0.2, 0.25) is 0 Å². The van der Waals surface area contributed by atoms with E-state index in [0.717, 1.165) is 0 Å². The van der Waals surface area contributed by atoms with Crippen LogP contribution in [0.15, 0.2) is 39.4 Å². The Hall–Kier alpha value is -0.730. The highest BCUT2D eigenvalue weighted by Crippen LogP contribution is 2.41. The van der Waals surface area contributed by atoms with Crippen molar-refractivity contribution in [2.24, 2.45) is 0 Å². The monoisotopic (exact) mass is 232 g/mol. The molecule has 0 radical (unpaired) electrons. The summed E-state index contributed by atoms with van der Waals surface area (Å²) < 4.78 is 1.50. The van der Waals surface area contributed by atoms with Gasteiger partial charge in [0.1, 0.15) is 0 Å². The second-order valence-corrected chi connectivity index (χ2v) is 6.45. The van der Waals surface area contributed by atoms with E-state index in [1.807, 2.05) is 23.1 Å². The summed E-state index contributed by atoms with van der Waals surface area (Å²) in [5.41, 5.74) is 3.04. The third-order valence-electron chi connectivity index (χ3n) is 2.73. The maximum Gasteiger partial charge on any atom is 0.0681 e. The molecule has 0 saturated heterocycles.